The molecule has 0 spiro atoms. The second-order valence-corrected chi connectivity index (χ2v) is 4.71. The van der Waals surface area contributed by atoms with E-state index in [0.29, 0.717) is 6.42 Å². The number of carbonyl (C=O) groups excluding carboxylic acids is 1. The van der Waals surface area contributed by atoms with Crippen molar-refractivity contribution in [1.29, 1.82) is 0 Å². The first-order chi connectivity index (χ1) is 8.79. The minimum absolute atomic E-state index is 0.0438. The summed E-state index contributed by atoms with van der Waals surface area (Å²) < 4.78 is 0. The Morgan fingerprint density at radius 1 is 1.39 bits per heavy atom. The largest absolute Gasteiger partial charge is 0.394 e. The van der Waals surface area contributed by atoms with Gasteiger partial charge in [0.2, 0.25) is 5.91 Å². The Labute approximate surface area is 107 Å². The molecule has 4 heteroatoms. The van der Waals surface area contributed by atoms with Gasteiger partial charge >= 0.3 is 0 Å². The topological polar surface area (TPSA) is 61.4 Å². The van der Waals surface area contributed by atoms with Crippen LogP contribution in [-0.2, 0) is 4.79 Å². The molecule has 2 atom stereocenters. The van der Waals surface area contributed by atoms with Crippen molar-refractivity contribution in [3.05, 3.63) is 35.9 Å². The zero-order valence-electron chi connectivity index (χ0n) is 10.4. The summed E-state index contributed by atoms with van der Waals surface area (Å²) >= 11 is 0. The van der Waals surface area contributed by atoms with Gasteiger partial charge in [0, 0.05) is 19.0 Å². The first-order valence-corrected chi connectivity index (χ1v) is 6.48. The molecule has 0 aromatic heterocycles. The Hall–Kier alpha value is -1.39. The standard InChI is InChI=1S/C14H20N2O2/c17-10-13(11-5-2-1-3-6-11)16-12-7-4-8-15-14(18)9-12/h1-3,5-6,12-13,16-17H,4,7-10H2,(H,15,18). The lowest BCUT2D eigenvalue weighted by Crippen LogP contribution is -2.36. The van der Waals surface area contributed by atoms with Gasteiger partial charge in [0.25, 0.3) is 0 Å². The molecule has 1 fully saturated rings. The van der Waals surface area contributed by atoms with Crippen molar-refractivity contribution in [2.45, 2.75) is 31.3 Å². The highest BCUT2D eigenvalue weighted by molar-refractivity contribution is 5.76. The fourth-order valence-corrected chi connectivity index (χ4v) is 2.34. The van der Waals surface area contributed by atoms with Gasteiger partial charge in [0.1, 0.15) is 0 Å². The lowest BCUT2D eigenvalue weighted by molar-refractivity contribution is -0.121. The normalized spacial score (nSPS) is 22.1. The van der Waals surface area contributed by atoms with Gasteiger partial charge < -0.3 is 15.7 Å². The number of aliphatic hydroxyl groups is 1. The van der Waals surface area contributed by atoms with Gasteiger partial charge in [0.05, 0.1) is 12.6 Å². The summed E-state index contributed by atoms with van der Waals surface area (Å²) in [4.78, 5) is 11.5. The third-order valence-corrected chi connectivity index (χ3v) is 3.30. The van der Waals surface area contributed by atoms with E-state index < -0.39 is 0 Å². The van der Waals surface area contributed by atoms with Crippen molar-refractivity contribution in [3.8, 4) is 0 Å². The molecule has 0 radical (unpaired) electrons. The smallest absolute Gasteiger partial charge is 0.221 e. The van der Waals surface area contributed by atoms with E-state index in [4.69, 9.17) is 0 Å². The van der Waals surface area contributed by atoms with E-state index >= 15 is 0 Å². The van der Waals surface area contributed by atoms with Crippen molar-refractivity contribution in [1.82, 2.24) is 10.6 Å². The highest BCUT2D eigenvalue weighted by atomic mass is 16.3. The summed E-state index contributed by atoms with van der Waals surface area (Å²) in [6.45, 7) is 0.800. The van der Waals surface area contributed by atoms with Crippen LogP contribution in [0.3, 0.4) is 0 Å². The molecule has 4 nitrogen and oxygen atoms in total. The first-order valence-electron chi connectivity index (χ1n) is 6.48. The van der Waals surface area contributed by atoms with Crippen LogP contribution in [0, 0.1) is 0 Å². The minimum atomic E-state index is -0.0953. The van der Waals surface area contributed by atoms with Crippen LogP contribution in [0.15, 0.2) is 30.3 Å². The number of carbonyl (C=O) groups is 1. The van der Waals surface area contributed by atoms with E-state index in [1.54, 1.807) is 0 Å². The van der Waals surface area contributed by atoms with E-state index in [0.717, 1.165) is 24.9 Å². The van der Waals surface area contributed by atoms with Gasteiger partial charge in [-0.15, -0.1) is 0 Å². The average molecular weight is 248 g/mol. The summed E-state index contributed by atoms with van der Waals surface area (Å²) in [6, 6.07) is 9.90. The molecular weight excluding hydrogens is 228 g/mol. The molecule has 1 saturated heterocycles. The zero-order valence-corrected chi connectivity index (χ0v) is 10.4. The molecule has 1 amide bonds. The van der Waals surface area contributed by atoms with Crippen LogP contribution in [0.25, 0.3) is 0 Å². The fraction of sp³-hybridized carbons (Fsp3) is 0.500. The van der Waals surface area contributed by atoms with Gasteiger partial charge in [-0.3, -0.25) is 4.79 Å². The number of nitrogens with one attached hydrogen (secondary N) is 2. The number of hydrogen-bond acceptors (Lipinski definition) is 3. The third-order valence-electron chi connectivity index (χ3n) is 3.30. The van der Waals surface area contributed by atoms with E-state index in [1.807, 2.05) is 30.3 Å². The molecular formula is C14H20N2O2. The lowest BCUT2D eigenvalue weighted by Gasteiger charge is -2.23. The number of aliphatic hydroxyl groups excluding tert-OH is 1. The maximum Gasteiger partial charge on any atom is 0.221 e. The minimum Gasteiger partial charge on any atom is -0.394 e. The molecule has 1 aliphatic rings. The Kier molecular flexibility index (Phi) is 4.73. The summed E-state index contributed by atoms with van der Waals surface area (Å²) in [5.41, 5.74) is 1.06. The number of amides is 1. The molecule has 18 heavy (non-hydrogen) atoms. The quantitative estimate of drug-likeness (QED) is 0.744. The maximum absolute atomic E-state index is 11.5. The van der Waals surface area contributed by atoms with Crippen molar-refractivity contribution in [3.63, 3.8) is 0 Å². The van der Waals surface area contributed by atoms with Gasteiger partial charge in [-0.05, 0) is 18.4 Å². The predicted octanol–water partition coefficient (Wildman–Crippen LogP) is 0.978. The van der Waals surface area contributed by atoms with Crippen LogP contribution in [0.2, 0.25) is 0 Å². The molecule has 2 rings (SSSR count). The van der Waals surface area contributed by atoms with Crippen molar-refractivity contribution < 1.29 is 9.90 Å². The second kappa shape index (κ2) is 6.52. The van der Waals surface area contributed by atoms with E-state index in [-0.39, 0.29) is 24.6 Å². The monoisotopic (exact) mass is 248 g/mol. The molecule has 0 bridgehead atoms. The highest BCUT2D eigenvalue weighted by Gasteiger charge is 2.20. The SMILES string of the molecule is O=C1CC(NC(CO)c2ccccc2)CCCN1. The Balaban J connectivity index is 1.99. The molecule has 1 aromatic rings. The van der Waals surface area contributed by atoms with Crippen LogP contribution in [0.1, 0.15) is 30.9 Å². The van der Waals surface area contributed by atoms with Crippen LogP contribution >= 0.6 is 0 Å². The first kappa shape index (κ1) is 13.1. The van der Waals surface area contributed by atoms with Crippen molar-refractivity contribution in [2.24, 2.45) is 0 Å². The number of hydrogen-bond donors (Lipinski definition) is 3. The van der Waals surface area contributed by atoms with E-state index in [1.165, 1.54) is 0 Å². The molecule has 3 N–H and O–H groups in total. The molecule has 0 aliphatic carbocycles. The Morgan fingerprint density at radius 2 is 2.17 bits per heavy atom. The van der Waals surface area contributed by atoms with Crippen LogP contribution < -0.4 is 10.6 Å². The zero-order chi connectivity index (χ0) is 12.8. The predicted molar refractivity (Wildman–Crippen MR) is 70.1 cm³/mol. The van der Waals surface area contributed by atoms with Gasteiger partial charge in [-0.25, -0.2) is 0 Å². The molecule has 2 unspecified atom stereocenters. The van der Waals surface area contributed by atoms with Crippen LogP contribution in [0.4, 0.5) is 0 Å². The van der Waals surface area contributed by atoms with E-state index in [9.17, 15) is 9.90 Å². The molecule has 1 aliphatic heterocycles. The highest BCUT2D eigenvalue weighted by Crippen LogP contribution is 2.16. The summed E-state index contributed by atoms with van der Waals surface area (Å²) in [6.07, 6.45) is 2.43. The van der Waals surface area contributed by atoms with Crippen molar-refractivity contribution >= 4 is 5.91 Å². The fourth-order valence-electron chi connectivity index (χ4n) is 2.34. The molecule has 1 aromatic carbocycles. The van der Waals surface area contributed by atoms with Crippen LogP contribution in [0.5, 0.6) is 0 Å². The van der Waals surface area contributed by atoms with E-state index in [2.05, 4.69) is 10.6 Å². The Bertz CT molecular complexity index is 381. The van der Waals surface area contributed by atoms with Crippen LogP contribution in [-0.4, -0.2) is 30.2 Å². The molecule has 1 heterocycles. The molecule has 0 saturated carbocycles. The van der Waals surface area contributed by atoms with Gasteiger partial charge in [0.15, 0.2) is 0 Å². The summed E-state index contributed by atoms with van der Waals surface area (Å²) in [5.74, 6) is 0.0924. The Morgan fingerprint density at radius 3 is 2.89 bits per heavy atom. The average Bonchev–Trinajstić information content (AvgIpc) is 2.61. The number of rotatable bonds is 4. The third kappa shape index (κ3) is 3.55. The van der Waals surface area contributed by atoms with Gasteiger partial charge in [-0.2, -0.15) is 0 Å². The summed E-state index contributed by atoms with van der Waals surface area (Å²) in [7, 11) is 0. The maximum atomic E-state index is 11.5. The van der Waals surface area contributed by atoms with Gasteiger partial charge in [-0.1, -0.05) is 30.3 Å². The molecule has 98 valence electrons. The lowest BCUT2D eigenvalue weighted by atomic mass is 10.0. The van der Waals surface area contributed by atoms with Crippen molar-refractivity contribution in [2.75, 3.05) is 13.2 Å². The number of benzene rings is 1. The second-order valence-electron chi connectivity index (χ2n) is 4.71. The summed E-state index contributed by atoms with van der Waals surface area (Å²) in [5, 5.41) is 15.7.